The van der Waals surface area contributed by atoms with Crippen LogP contribution in [0.5, 0.6) is 0 Å². The number of hydrogen-bond donors (Lipinski definition) is 1. The first-order chi connectivity index (χ1) is 9.22. The number of nitrogens with zero attached hydrogens (tertiary/aromatic N) is 2. The summed E-state index contributed by atoms with van der Waals surface area (Å²) in [6.07, 6.45) is 10.6. The maximum absolute atomic E-state index is 9.41. The van der Waals surface area contributed by atoms with E-state index in [0.29, 0.717) is 18.7 Å². The number of hydrogen-bond acceptors (Lipinski definition) is 3. The van der Waals surface area contributed by atoms with Crippen LogP contribution in [-0.4, -0.2) is 59.8 Å². The van der Waals surface area contributed by atoms with Gasteiger partial charge in [-0.15, -0.1) is 0 Å². The lowest BCUT2D eigenvalue weighted by Gasteiger charge is -2.41. The normalized spacial score (nSPS) is 33.0. The topological polar surface area (TPSA) is 26.7 Å². The molecule has 2 aliphatic rings. The summed E-state index contributed by atoms with van der Waals surface area (Å²) < 4.78 is 0. The summed E-state index contributed by atoms with van der Waals surface area (Å²) in [5, 5.41) is 9.41. The van der Waals surface area contributed by atoms with Crippen LogP contribution in [0.3, 0.4) is 0 Å². The van der Waals surface area contributed by atoms with Gasteiger partial charge in [-0.25, -0.2) is 0 Å². The van der Waals surface area contributed by atoms with Crippen molar-refractivity contribution in [3.63, 3.8) is 0 Å². The van der Waals surface area contributed by atoms with Crippen molar-refractivity contribution in [2.45, 2.75) is 76.4 Å². The Morgan fingerprint density at radius 1 is 1.05 bits per heavy atom. The molecule has 0 aromatic heterocycles. The van der Waals surface area contributed by atoms with Crippen molar-refractivity contribution in [2.24, 2.45) is 0 Å². The summed E-state index contributed by atoms with van der Waals surface area (Å²) in [5.41, 5.74) is 0. The summed E-state index contributed by atoms with van der Waals surface area (Å²) in [5.74, 6) is 0. The molecule has 1 aliphatic heterocycles. The van der Waals surface area contributed by atoms with Crippen molar-refractivity contribution in [2.75, 3.05) is 26.7 Å². The molecule has 0 bridgehead atoms. The smallest absolute Gasteiger partial charge is 0.0446 e. The molecule has 0 aromatic carbocycles. The lowest BCUT2D eigenvalue weighted by Crippen LogP contribution is -2.50. The Morgan fingerprint density at radius 2 is 1.74 bits per heavy atom. The molecule has 2 unspecified atom stereocenters. The Balaban J connectivity index is 2.09. The van der Waals surface area contributed by atoms with E-state index in [1.807, 2.05) is 0 Å². The van der Waals surface area contributed by atoms with E-state index in [2.05, 4.69) is 23.8 Å². The molecular formula is C16H32N2O. The molecule has 0 aromatic rings. The first-order valence-corrected chi connectivity index (χ1v) is 8.29. The zero-order valence-corrected chi connectivity index (χ0v) is 12.9. The fraction of sp³-hybridized carbons (Fsp3) is 1.00. The second-order valence-corrected chi connectivity index (χ2v) is 6.66. The number of aliphatic hydroxyl groups excluding tert-OH is 1. The van der Waals surface area contributed by atoms with Crippen LogP contribution in [-0.2, 0) is 0 Å². The van der Waals surface area contributed by atoms with E-state index in [-0.39, 0.29) is 0 Å². The van der Waals surface area contributed by atoms with Gasteiger partial charge in [-0.3, -0.25) is 4.90 Å². The highest BCUT2D eigenvalue weighted by Gasteiger charge is 2.33. The largest absolute Gasteiger partial charge is 0.396 e. The third kappa shape index (κ3) is 4.17. The van der Waals surface area contributed by atoms with Crippen LogP contribution in [0.25, 0.3) is 0 Å². The molecule has 3 nitrogen and oxygen atoms in total. The Labute approximate surface area is 119 Å². The van der Waals surface area contributed by atoms with Crippen LogP contribution in [0.2, 0.25) is 0 Å². The van der Waals surface area contributed by atoms with Crippen LogP contribution in [0.15, 0.2) is 0 Å². The predicted octanol–water partition coefficient (Wildman–Crippen LogP) is 2.49. The molecule has 2 rings (SSSR count). The van der Waals surface area contributed by atoms with Gasteiger partial charge >= 0.3 is 0 Å². The molecule has 0 amide bonds. The van der Waals surface area contributed by atoms with Gasteiger partial charge in [0.05, 0.1) is 0 Å². The van der Waals surface area contributed by atoms with E-state index in [1.54, 1.807) is 0 Å². The molecule has 2 fully saturated rings. The molecule has 1 saturated carbocycles. The highest BCUT2D eigenvalue weighted by atomic mass is 16.3. The summed E-state index contributed by atoms with van der Waals surface area (Å²) in [7, 11) is 2.23. The van der Waals surface area contributed by atoms with Gasteiger partial charge in [0.1, 0.15) is 0 Å². The van der Waals surface area contributed by atoms with Crippen molar-refractivity contribution >= 4 is 0 Å². The SMILES string of the molecule is CC1CCN(C)CC(CCO)N1C1CCCCCC1. The van der Waals surface area contributed by atoms with Gasteiger partial charge in [0, 0.05) is 31.3 Å². The first kappa shape index (κ1) is 15.3. The van der Waals surface area contributed by atoms with E-state index in [0.717, 1.165) is 19.0 Å². The average Bonchev–Trinajstić information content (AvgIpc) is 2.71. The van der Waals surface area contributed by atoms with E-state index in [9.17, 15) is 5.11 Å². The first-order valence-electron chi connectivity index (χ1n) is 8.29. The quantitative estimate of drug-likeness (QED) is 0.797. The molecule has 0 spiro atoms. The lowest BCUT2D eigenvalue weighted by molar-refractivity contribution is 0.0635. The molecule has 1 aliphatic carbocycles. The van der Waals surface area contributed by atoms with Gasteiger partial charge in [-0.1, -0.05) is 25.7 Å². The van der Waals surface area contributed by atoms with Crippen molar-refractivity contribution < 1.29 is 5.11 Å². The molecule has 0 radical (unpaired) electrons. The zero-order chi connectivity index (χ0) is 13.7. The van der Waals surface area contributed by atoms with E-state index < -0.39 is 0 Å². The maximum Gasteiger partial charge on any atom is 0.0446 e. The molecule has 112 valence electrons. The molecule has 1 saturated heterocycles. The monoisotopic (exact) mass is 268 g/mol. The minimum atomic E-state index is 0.328. The van der Waals surface area contributed by atoms with Gasteiger partial charge in [-0.05, 0) is 46.2 Å². The van der Waals surface area contributed by atoms with Crippen molar-refractivity contribution in [3.05, 3.63) is 0 Å². The minimum Gasteiger partial charge on any atom is -0.396 e. The van der Waals surface area contributed by atoms with Crippen LogP contribution < -0.4 is 0 Å². The fourth-order valence-corrected chi connectivity index (χ4v) is 4.06. The standard InChI is InChI=1S/C16H32N2O/c1-14-9-11-17(2)13-16(10-12-19)18(14)15-7-5-3-4-6-8-15/h14-16,19H,3-13H2,1-2H3. The van der Waals surface area contributed by atoms with Gasteiger partial charge in [0.2, 0.25) is 0 Å². The third-order valence-corrected chi connectivity index (χ3v) is 5.09. The van der Waals surface area contributed by atoms with Crippen LogP contribution >= 0.6 is 0 Å². The van der Waals surface area contributed by atoms with Crippen LogP contribution in [0, 0.1) is 0 Å². The van der Waals surface area contributed by atoms with E-state index in [1.165, 1.54) is 51.5 Å². The Kier molecular flexibility index (Phi) is 6.11. The zero-order valence-electron chi connectivity index (χ0n) is 12.9. The maximum atomic E-state index is 9.41. The van der Waals surface area contributed by atoms with Crippen LogP contribution in [0.1, 0.15) is 58.3 Å². The Morgan fingerprint density at radius 3 is 2.37 bits per heavy atom. The Bertz CT molecular complexity index is 251. The second-order valence-electron chi connectivity index (χ2n) is 6.66. The van der Waals surface area contributed by atoms with Crippen molar-refractivity contribution in [1.29, 1.82) is 0 Å². The van der Waals surface area contributed by atoms with Crippen molar-refractivity contribution in [1.82, 2.24) is 9.80 Å². The number of likely N-dealkylation sites (N-methyl/N-ethyl adjacent to an activating group) is 1. The predicted molar refractivity (Wildman–Crippen MR) is 80.4 cm³/mol. The Hall–Kier alpha value is -0.120. The molecule has 19 heavy (non-hydrogen) atoms. The van der Waals surface area contributed by atoms with Crippen LogP contribution in [0.4, 0.5) is 0 Å². The summed E-state index contributed by atoms with van der Waals surface area (Å²) >= 11 is 0. The summed E-state index contributed by atoms with van der Waals surface area (Å²) in [6, 6.07) is 1.99. The van der Waals surface area contributed by atoms with Gasteiger partial charge < -0.3 is 10.0 Å². The molecule has 1 heterocycles. The summed E-state index contributed by atoms with van der Waals surface area (Å²) in [4.78, 5) is 5.23. The van der Waals surface area contributed by atoms with Gasteiger partial charge in [0.15, 0.2) is 0 Å². The minimum absolute atomic E-state index is 0.328. The molecule has 3 heteroatoms. The van der Waals surface area contributed by atoms with Gasteiger partial charge in [0.25, 0.3) is 0 Å². The highest BCUT2D eigenvalue weighted by molar-refractivity contribution is 4.88. The highest BCUT2D eigenvalue weighted by Crippen LogP contribution is 2.28. The summed E-state index contributed by atoms with van der Waals surface area (Å²) in [6.45, 7) is 5.05. The van der Waals surface area contributed by atoms with E-state index >= 15 is 0 Å². The van der Waals surface area contributed by atoms with Crippen molar-refractivity contribution in [3.8, 4) is 0 Å². The fourth-order valence-electron chi connectivity index (χ4n) is 4.06. The average molecular weight is 268 g/mol. The number of aliphatic hydroxyl groups is 1. The lowest BCUT2D eigenvalue weighted by atomic mass is 10.00. The van der Waals surface area contributed by atoms with E-state index in [4.69, 9.17) is 0 Å². The third-order valence-electron chi connectivity index (χ3n) is 5.09. The second kappa shape index (κ2) is 7.61. The number of rotatable bonds is 3. The molecular weight excluding hydrogens is 236 g/mol. The molecule has 2 atom stereocenters. The molecule has 1 N–H and O–H groups in total. The van der Waals surface area contributed by atoms with Gasteiger partial charge in [-0.2, -0.15) is 0 Å².